The predicted octanol–water partition coefficient (Wildman–Crippen LogP) is 3.50. The molecule has 28 heavy (non-hydrogen) atoms. The van der Waals surface area contributed by atoms with Gasteiger partial charge in [-0.3, -0.25) is 9.59 Å². The van der Waals surface area contributed by atoms with E-state index in [1.807, 2.05) is 66.4 Å². The first kappa shape index (κ1) is 18.7. The van der Waals surface area contributed by atoms with Gasteiger partial charge in [0.15, 0.2) is 0 Å². The largest absolute Gasteiger partial charge is 0.381 e. The standard InChI is InChI=1S/C23H26N2O3/c1-17-7-9-18(10-8-17)22(27)25-15-20(23(16-25)11-13-28-14-12-23)21(26)24-19-5-3-2-4-6-19/h2-10,20H,11-16H2,1H3,(H,24,26). The zero-order valence-corrected chi connectivity index (χ0v) is 16.2. The van der Waals surface area contributed by atoms with E-state index in [2.05, 4.69) is 5.32 Å². The molecule has 1 N–H and O–H groups in total. The first-order valence-electron chi connectivity index (χ1n) is 9.87. The summed E-state index contributed by atoms with van der Waals surface area (Å²) in [6.07, 6.45) is 1.61. The van der Waals surface area contributed by atoms with Crippen molar-refractivity contribution in [1.82, 2.24) is 4.90 Å². The van der Waals surface area contributed by atoms with Crippen LogP contribution in [0.5, 0.6) is 0 Å². The number of para-hydroxylation sites is 1. The second-order valence-corrected chi connectivity index (χ2v) is 7.93. The Morgan fingerprint density at radius 1 is 1.04 bits per heavy atom. The monoisotopic (exact) mass is 378 g/mol. The average molecular weight is 378 g/mol. The molecule has 1 atom stereocenters. The zero-order valence-electron chi connectivity index (χ0n) is 16.2. The molecule has 5 heteroatoms. The maximum absolute atomic E-state index is 13.1. The number of anilines is 1. The van der Waals surface area contributed by atoms with Gasteiger partial charge < -0.3 is 15.0 Å². The number of hydrogen-bond acceptors (Lipinski definition) is 3. The van der Waals surface area contributed by atoms with Gasteiger partial charge in [-0.15, -0.1) is 0 Å². The molecule has 146 valence electrons. The number of hydrogen-bond donors (Lipinski definition) is 1. The quantitative estimate of drug-likeness (QED) is 0.889. The highest BCUT2D eigenvalue weighted by atomic mass is 16.5. The topological polar surface area (TPSA) is 58.6 Å². The number of likely N-dealkylation sites (tertiary alicyclic amines) is 1. The number of ether oxygens (including phenoxy) is 1. The molecular formula is C23H26N2O3. The van der Waals surface area contributed by atoms with Gasteiger partial charge in [-0.25, -0.2) is 0 Å². The summed E-state index contributed by atoms with van der Waals surface area (Å²) in [5.74, 6) is -0.237. The van der Waals surface area contributed by atoms with E-state index in [9.17, 15) is 9.59 Å². The van der Waals surface area contributed by atoms with Gasteiger partial charge in [0, 0.05) is 43.0 Å². The normalized spacial score (nSPS) is 20.9. The van der Waals surface area contributed by atoms with Crippen LogP contribution in [0.2, 0.25) is 0 Å². The van der Waals surface area contributed by atoms with Crippen molar-refractivity contribution < 1.29 is 14.3 Å². The molecule has 2 amide bonds. The molecule has 0 saturated carbocycles. The number of rotatable bonds is 3. The number of amides is 2. The van der Waals surface area contributed by atoms with Gasteiger partial charge in [-0.05, 0) is 44.0 Å². The summed E-state index contributed by atoms with van der Waals surface area (Å²) < 4.78 is 5.56. The SMILES string of the molecule is Cc1ccc(C(=O)N2CC(C(=O)Nc3ccccc3)C3(CCOCC3)C2)cc1. The maximum atomic E-state index is 13.1. The highest BCUT2D eigenvalue weighted by Gasteiger charge is 2.51. The highest BCUT2D eigenvalue weighted by molar-refractivity contribution is 5.97. The van der Waals surface area contributed by atoms with Crippen LogP contribution >= 0.6 is 0 Å². The Balaban J connectivity index is 1.56. The average Bonchev–Trinajstić information content (AvgIpc) is 3.08. The molecule has 2 aliphatic rings. The lowest BCUT2D eigenvalue weighted by Gasteiger charge is -2.37. The van der Waals surface area contributed by atoms with E-state index in [1.165, 1.54) is 0 Å². The third-order valence-corrected chi connectivity index (χ3v) is 6.08. The Bertz CT molecular complexity index is 842. The maximum Gasteiger partial charge on any atom is 0.253 e. The Morgan fingerprint density at radius 2 is 1.71 bits per heavy atom. The van der Waals surface area contributed by atoms with Crippen LogP contribution in [0.4, 0.5) is 5.69 Å². The molecule has 0 bridgehead atoms. The number of benzene rings is 2. The number of nitrogens with zero attached hydrogens (tertiary/aromatic N) is 1. The Kier molecular flexibility index (Phi) is 5.18. The van der Waals surface area contributed by atoms with Crippen molar-refractivity contribution in [2.24, 2.45) is 11.3 Å². The molecule has 2 aromatic carbocycles. The predicted molar refractivity (Wildman–Crippen MR) is 108 cm³/mol. The smallest absolute Gasteiger partial charge is 0.253 e. The van der Waals surface area contributed by atoms with Crippen molar-refractivity contribution in [3.63, 3.8) is 0 Å². The zero-order chi connectivity index (χ0) is 19.6. The van der Waals surface area contributed by atoms with Gasteiger partial charge in [0.25, 0.3) is 5.91 Å². The fourth-order valence-corrected chi connectivity index (χ4v) is 4.40. The van der Waals surface area contributed by atoms with Crippen molar-refractivity contribution in [3.05, 3.63) is 65.7 Å². The second kappa shape index (κ2) is 7.76. The van der Waals surface area contributed by atoms with E-state index in [1.54, 1.807) is 0 Å². The van der Waals surface area contributed by atoms with Crippen molar-refractivity contribution in [2.45, 2.75) is 19.8 Å². The van der Waals surface area contributed by atoms with Gasteiger partial charge in [0.2, 0.25) is 5.91 Å². The molecule has 0 aliphatic carbocycles. The Labute approximate surface area is 165 Å². The van der Waals surface area contributed by atoms with Crippen LogP contribution in [-0.4, -0.2) is 43.0 Å². The van der Waals surface area contributed by atoms with Crippen LogP contribution in [0.25, 0.3) is 0 Å². The Hall–Kier alpha value is -2.66. The molecular weight excluding hydrogens is 352 g/mol. The van der Waals surface area contributed by atoms with Crippen LogP contribution in [0, 0.1) is 18.3 Å². The minimum absolute atomic E-state index is 0.000813. The number of aryl methyl sites for hydroxylation is 1. The fraction of sp³-hybridized carbons (Fsp3) is 0.391. The van der Waals surface area contributed by atoms with Crippen LogP contribution in [0.1, 0.15) is 28.8 Å². The molecule has 2 aliphatic heterocycles. The number of carbonyl (C=O) groups is 2. The summed E-state index contributed by atoms with van der Waals surface area (Å²) in [4.78, 5) is 28.1. The van der Waals surface area contributed by atoms with E-state index in [-0.39, 0.29) is 23.1 Å². The molecule has 2 aromatic rings. The van der Waals surface area contributed by atoms with Crippen LogP contribution < -0.4 is 5.32 Å². The molecule has 0 aromatic heterocycles. The molecule has 1 unspecified atom stereocenters. The highest BCUT2D eigenvalue weighted by Crippen LogP contribution is 2.45. The van der Waals surface area contributed by atoms with Crippen LogP contribution in [0.15, 0.2) is 54.6 Å². The van der Waals surface area contributed by atoms with Gasteiger partial charge >= 0.3 is 0 Å². The van der Waals surface area contributed by atoms with Crippen molar-refractivity contribution in [1.29, 1.82) is 0 Å². The summed E-state index contributed by atoms with van der Waals surface area (Å²) in [7, 11) is 0. The molecule has 0 radical (unpaired) electrons. The van der Waals surface area contributed by atoms with E-state index < -0.39 is 0 Å². The molecule has 5 nitrogen and oxygen atoms in total. The third kappa shape index (κ3) is 3.67. The van der Waals surface area contributed by atoms with Crippen LogP contribution in [0.3, 0.4) is 0 Å². The molecule has 4 rings (SSSR count). The molecule has 2 fully saturated rings. The summed E-state index contributed by atoms with van der Waals surface area (Å²) in [5.41, 5.74) is 2.38. The van der Waals surface area contributed by atoms with E-state index in [4.69, 9.17) is 4.74 Å². The minimum Gasteiger partial charge on any atom is -0.381 e. The third-order valence-electron chi connectivity index (χ3n) is 6.08. The summed E-state index contributed by atoms with van der Waals surface area (Å²) in [6, 6.07) is 17.1. The van der Waals surface area contributed by atoms with Gasteiger partial charge in [-0.1, -0.05) is 35.9 Å². The van der Waals surface area contributed by atoms with Gasteiger partial charge in [-0.2, -0.15) is 0 Å². The van der Waals surface area contributed by atoms with E-state index >= 15 is 0 Å². The van der Waals surface area contributed by atoms with Crippen LogP contribution in [-0.2, 0) is 9.53 Å². The minimum atomic E-state index is -0.231. The fourth-order valence-electron chi connectivity index (χ4n) is 4.40. The lowest BCUT2D eigenvalue weighted by Crippen LogP contribution is -2.42. The van der Waals surface area contributed by atoms with Crippen molar-refractivity contribution >= 4 is 17.5 Å². The number of nitrogens with one attached hydrogen (secondary N) is 1. The van der Waals surface area contributed by atoms with Crippen molar-refractivity contribution in [3.8, 4) is 0 Å². The Morgan fingerprint density at radius 3 is 2.39 bits per heavy atom. The van der Waals surface area contributed by atoms with Crippen molar-refractivity contribution in [2.75, 3.05) is 31.6 Å². The first-order chi connectivity index (χ1) is 13.6. The molecule has 2 heterocycles. The van der Waals surface area contributed by atoms with E-state index in [0.717, 1.165) is 24.1 Å². The van der Waals surface area contributed by atoms with Gasteiger partial charge in [0.1, 0.15) is 0 Å². The van der Waals surface area contributed by atoms with Gasteiger partial charge in [0.05, 0.1) is 5.92 Å². The molecule has 1 spiro atoms. The van der Waals surface area contributed by atoms with E-state index in [0.29, 0.717) is 31.9 Å². The summed E-state index contributed by atoms with van der Waals surface area (Å²) >= 11 is 0. The molecule has 2 saturated heterocycles. The number of carbonyl (C=O) groups excluding carboxylic acids is 2. The summed E-state index contributed by atoms with van der Waals surface area (Å²) in [5, 5.41) is 3.04. The lowest BCUT2D eigenvalue weighted by atomic mass is 9.71. The second-order valence-electron chi connectivity index (χ2n) is 7.93. The lowest BCUT2D eigenvalue weighted by molar-refractivity contribution is -0.124. The first-order valence-corrected chi connectivity index (χ1v) is 9.87. The summed E-state index contributed by atoms with van der Waals surface area (Å²) in [6.45, 7) is 4.34.